The van der Waals surface area contributed by atoms with Crippen LogP contribution in [-0.4, -0.2) is 65.1 Å². The van der Waals surface area contributed by atoms with Gasteiger partial charge in [-0.25, -0.2) is 9.78 Å². The van der Waals surface area contributed by atoms with Gasteiger partial charge in [0.05, 0.1) is 19.3 Å². The van der Waals surface area contributed by atoms with Crippen LogP contribution in [-0.2, 0) is 16.1 Å². The molecule has 8 nitrogen and oxygen atoms in total. The van der Waals surface area contributed by atoms with Crippen molar-refractivity contribution in [1.29, 1.82) is 0 Å². The lowest BCUT2D eigenvalue weighted by atomic mass is 10.2. The first-order valence-corrected chi connectivity index (χ1v) is 7.69. The number of rotatable bonds is 4. The first-order valence-electron chi connectivity index (χ1n) is 7.69. The zero-order valence-electron chi connectivity index (χ0n) is 13.9. The monoisotopic (exact) mass is 324 g/mol. The lowest BCUT2D eigenvalue weighted by molar-refractivity contribution is -0.132. The van der Waals surface area contributed by atoms with E-state index in [2.05, 4.69) is 10.3 Å². The molecule has 1 saturated heterocycles. The predicted molar refractivity (Wildman–Crippen MR) is 82.6 cm³/mol. The fraction of sp³-hybridized carbons (Fsp3) is 0.667. The number of carbonyl (C=O) groups is 2. The summed E-state index contributed by atoms with van der Waals surface area (Å²) >= 11 is 0. The molecule has 0 spiro atoms. The van der Waals surface area contributed by atoms with E-state index in [0.29, 0.717) is 38.5 Å². The molecule has 1 aromatic heterocycles. The summed E-state index contributed by atoms with van der Waals surface area (Å²) in [7, 11) is 0. The average molecular weight is 324 g/mol. The number of carbonyl (C=O) groups excluding carboxylic acids is 2. The molecule has 0 unspecified atom stereocenters. The summed E-state index contributed by atoms with van der Waals surface area (Å²) < 4.78 is 10.4. The van der Waals surface area contributed by atoms with Gasteiger partial charge in [0.1, 0.15) is 11.4 Å². The number of hydrogen-bond donors (Lipinski definition) is 1. The van der Waals surface area contributed by atoms with E-state index in [4.69, 9.17) is 9.15 Å². The smallest absolute Gasteiger partial charge is 0.410 e. The van der Waals surface area contributed by atoms with Crippen LogP contribution in [0.25, 0.3) is 0 Å². The van der Waals surface area contributed by atoms with E-state index in [0.717, 1.165) is 0 Å². The van der Waals surface area contributed by atoms with Crippen molar-refractivity contribution >= 4 is 12.0 Å². The topological polar surface area (TPSA) is 87.9 Å². The van der Waals surface area contributed by atoms with Crippen LogP contribution in [0.2, 0.25) is 0 Å². The van der Waals surface area contributed by atoms with Crippen molar-refractivity contribution in [3.8, 4) is 0 Å². The Bertz CT molecular complexity index is 516. The van der Waals surface area contributed by atoms with Crippen molar-refractivity contribution in [3.63, 3.8) is 0 Å². The fourth-order valence-electron chi connectivity index (χ4n) is 2.20. The molecule has 1 fully saturated rings. The quantitative estimate of drug-likeness (QED) is 0.883. The van der Waals surface area contributed by atoms with E-state index in [1.54, 1.807) is 16.0 Å². The maximum Gasteiger partial charge on any atom is 0.410 e. The molecule has 1 aromatic rings. The summed E-state index contributed by atoms with van der Waals surface area (Å²) in [5.41, 5.74) is -0.505. The van der Waals surface area contributed by atoms with Gasteiger partial charge in [-0.05, 0) is 20.8 Å². The van der Waals surface area contributed by atoms with Gasteiger partial charge in [0.2, 0.25) is 5.91 Å². The van der Waals surface area contributed by atoms with Crippen molar-refractivity contribution in [2.45, 2.75) is 32.9 Å². The Hall–Kier alpha value is -2.09. The van der Waals surface area contributed by atoms with Gasteiger partial charge in [-0.3, -0.25) is 4.79 Å². The second kappa shape index (κ2) is 7.45. The van der Waals surface area contributed by atoms with Crippen molar-refractivity contribution in [2.24, 2.45) is 0 Å². The van der Waals surface area contributed by atoms with Gasteiger partial charge in [-0.2, -0.15) is 0 Å². The second-order valence-electron chi connectivity index (χ2n) is 6.42. The van der Waals surface area contributed by atoms with E-state index < -0.39 is 5.60 Å². The molecule has 0 aliphatic carbocycles. The zero-order chi connectivity index (χ0) is 16.9. The number of amides is 2. The molecule has 0 aromatic carbocycles. The van der Waals surface area contributed by atoms with E-state index >= 15 is 0 Å². The average Bonchev–Trinajstić information content (AvgIpc) is 2.99. The summed E-state index contributed by atoms with van der Waals surface area (Å²) in [4.78, 5) is 31.3. The van der Waals surface area contributed by atoms with Gasteiger partial charge in [0, 0.05) is 26.2 Å². The minimum absolute atomic E-state index is 0.00774. The molecule has 1 aliphatic rings. The van der Waals surface area contributed by atoms with Crippen LogP contribution in [0.1, 0.15) is 26.5 Å². The number of oxazole rings is 1. The highest BCUT2D eigenvalue weighted by molar-refractivity contribution is 5.78. The number of nitrogens with one attached hydrogen (secondary N) is 1. The molecular formula is C15H24N4O4. The molecule has 128 valence electrons. The van der Waals surface area contributed by atoms with Crippen LogP contribution >= 0.6 is 0 Å². The zero-order valence-corrected chi connectivity index (χ0v) is 13.9. The van der Waals surface area contributed by atoms with Crippen LogP contribution in [0.4, 0.5) is 4.79 Å². The van der Waals surface area contributed by atoms with Gasteiger partial charge >= 0.3 is 6.09 Å². The Kier molecular flexibility index (Phi) is 5.59. The van der Waals surface area contributed by atoms with E-state index in [9.17, 15) is 9.59 Å². The lowest BCUT2D eigenvalue weighted by Gasteiger charge is -2.35. The summed E-state index contributed by atoms with van der Waals surface area (Å²) in [5.74, 6) is 0.695. The van der Waals surface area contributed by atoms with Gasteiger partial charge in [-0.15, -0.1) is 0 Å². The molecule has 1 aliphatic heterocycles. The Morgan fingerprint density at radius 1 is 1.26 bits per heavy atom. The fourth-order valence-corrected chi connectivity index (χ4v) is 2.20. The minimum Gasteiger partial charge on any atom is -0.447 e. The van der Waals surface area contributed by atoms with E-state index in [1.165, 1.54) is 6.39 Å². The van der Waals surface area contributed by atoms with Crippen LogP contribution < -0.4 is 5.32 Å². The Balaban J connectivity index is 1.69. The molecule has 1 N–H and O–H groups in total. The van der Waals surface area contributed by atoms with Gasteiger partial charge in [0.25, 0.3) is 0 Å². The third-order valence-electron chi connectivity index (χ3n) is 3.34. The Morgan fingerprint density at radius 2 is 1.91 bits per heavy atom. The summed E-state index contributed by atoms with van der Waals surface area (Å²) in [5, 5.41) is 3.02. The van der Waals surface area contributed by atoms with Crippen LogP contribution in [0.3, 0.4) is 0 Å². The van der Waals surface area contributed by atoms with Crippen LogP contribution in [0.5, 0.6) is 0 Å². The van der Waals surface area contributed by atoms with E-state index in [1.807, 2.05) is 20.8 Å². The summed E-state index contributed by atoms with van der Waals surface area (Å²) in [6.07, 6.45) is 2.64. The molecule has 23 heavy (non-hydrogen) atoms. The highest BCUT2D eigenvalue weighted by Gasteiger charge is 2.27. The SMILES string of the molecule is CC(C)(C)OC(=O)N1CCN(C(=O)CNCc2cnco2)CC1. The number of hydrogen-bond acceptors (Lipinski definition) is 6. The summed E-state index contributed by atoms with van der Waals surface area (Å²) in [6.45, 7) is 8.22. The van der Waals surface area contributed by atoms with Crippen molar-refractivity contribution in [3.05, 3.63) is 18.4 Å². The second-order valence-corrected chi connectivity index (χ2v) is 6.42. The molecular weight excluding hydrogens is 300 g/mol. The Labute approximate surface area is 135 Å². The summed E-state index contributed by atoms with van der Waals surface area (Å²) in [6, 6.07) is 0. The number of aromatic nitrogens is 1. The number of piperazine rings is 1. The van der Waals surface area contributed by atoms with Crippen molar-refractivity contribution in [2.75, 3.05) is 32.7 Å². The van der Waals surface area contributed by atoms with E-state index in [-0.39, 0.29) is 18.5 Å². The standard InChI is InChI=1S/C15H24N4O4/c1-15(2,3)23-14(21)19-6-4-18(5-7-19)13(20)10-16-8-12-9-17-11-22-12/h9,11,16H,4-8,10H2,1-3H3. The van der Waals surface area contributed by atoms with Gasteiger partial charge < -0.3 is 24.3 Å². The first-order chi connectivity index (χ1) is 10.8. The Morgan fingerprint density at radius 3 is 2.48 bits per heavy atom. The number of ether oxygens (including phenoxy) is 1. The minimum atomic E-state index is -0.505. The maximum atomic E-state index is 12.1. The normalized spacial score (nSPS) is 15.6. The van der Waals surface area contributed by atoms with Crippen molar-refractivity contribution < 1.29 is 18.7 Å². The lowest BCUT2D eigenvalue weighted by Crippen LogP contribution is -2.53. The molecule has 0 radical (unpaired) electrons. The number of nitrogens with zero attached hydrogens (tertiary/aromatic N) is 3. The molecule has 2 rings (SSSR count). The third kappa shape index (κ3) is 5.55. The highest BCUT2D eigenvalue weighted by atomic mass is 16.6. The molecule has 0 saturated carbocycles. The third-order valence-corrected chi connectivity index (χ3v) is 3.34. The molecule has 0 bridgehead atoms. The highest BCUT2D eigenvalue weighted by Crippen LogP contribution is 2.11. The largest absolute Gasteiger partial charge is 0.447 e. The first kappa shape index (κ1) is 17.3. The molecule has 0 atom stereocenters. The van der Waals surface area contributed by atoms with Gasteiger partial charge in [0.15, 0.2) is 6.39 Å². The van der Waals surface area contributed by atoms with Crippen LogP contribution in [0, 0.1) is 0 Å². The molecule has 2 heterocycles. The maximum absolute atomic E-state index is 12.1. The van der Waals surface area contributed by atoms with Crippen LogP contribution in [0.15, 0.2) is 17.0 Å². The molecule has 8 heteroatoms. The molecule has 2 amide bonds. The van der Waals surface area contributed by atoms with Gasteiger partial charge in [-0.1, -0.05) is 0 Å². The van der Waals surface area contributed by atoms with Crippen molar-refractivity contribution in [1.82, 2.24) is 20.1 Å². The predicted octanol–water partition coefficient (Wildman–Crippen LogP) is 0.844.